The lowest BCUT2D eigenvalue weighted by Crippen LogP contribution is -2.34. The second-order valence-electron chi connectivity index (χ2n) is 7.70. The summed E-state index contributed by atoms with van der Waals surface area (Å²) in [7, 11) is 0. The number of aromatic nitrogens is 2. The van der Waals surface area contributed by atoms with Crippen molar-refractivity contribution in [1.82, 2.24) is 15.1 Å². The van der Waals surface area contributed by atoms with Crippen LogP contribution in [0.3, 0.4) is 0 Å². The van der Waals surface area contributed by atoms with E-state index in [1.54, 1.807) is 53.5 Å². The van der Waals surface area contributed by atoms with E-state index >= 15 is 0 Å². The minimum absolute atomic E-state index is 0.0590. The van der Waals surface area contributed by atoms with Crippen LogP contribution < -0.4 is 5.32 Å². The maximum absolute atomic E-state index is 12.3. The molecule has 7 nitrogen and oxygen atoms in total. The van der Waals surface area contributed by atoms with Gasteiger partial charge in [0.15, 0.2) is 6.61 Å². The third-order valence-corrected chi connectivity index (χ3v) is 5.37. The van der Waals surface area contributed by atoms with Gasteiger partial charge in [-0.1, -0.05) is 20.8 Å². The van der Waals surface area contributed by atoms with Crippen LogP contribution >= 0.6 is 11.3 Å². The van der Waals surface area contributed by atoms with Crippen LogP contribution in [0.4, 0.5) is 0 Å². The normalized spacial score (nSPS) is 11.2. The molecule has 1 aromatic carbocycles. The number of carbonyl (C=O) groups is 3. The number of esters is 1. The molecule has 0 atom stereocenters. The molecule has 0 aliphatic heterocycles. The SMILES string of the molecule is CC(C)(C)C(=O)NCc1ccc(C(=O)COC(=O)c2ccc(-n3cccn3)cc2)s1. The van der Waals surface area contributed by atoms with Crippen molar-refractivity contribution in [2.24, 2.45) is 5.41 Å². The Labute approximate surface area is 178 Å². The summed E-state index contributed by atoms with van der Waals surface area (Å²) in [6.45, 7) is 5.53. The second kappa shape index (κ2) is 9.04. The molecule has 0 bridgehead atoms. The Kier molecular flexibility index (Phi) is 6.47. The van der Waals surface area contributed by atoms with Crippen LogP contribution in [-0.2, 0) is 16.1 Å². The molecule has 3 rings (SSSR count). The zero-order chi connectivity index (χ0) is 21.7. The highest BCUT2D eigenvalue weighted by molar-refractivity contribution is 7.14. The van der Waals surface area contributed by atoms with Crippen molar-refractivity contribution in [3.05, 3.63) is 70.2 Å². The smallest absolute Gasteiger partial charge is 0.338 e. The topological polar surface area (TPSA) is 90.3 Å². The molecule has 2 heterocycles. The summed E-state index contributed by atoms with van der Waals surface area (Å²) in [5, 5.41) is 6.97. The number of nitrogens with one attached hydrogen (secondary N) is 1. The van der Waals surface area contributed by atoms with Gasteiger partial charge in [0, 0.05) is 22.7 Å². The third kappa shape index (κ3) is 5.42. The van der Waals surface area contributed by atoms with Gasteiger partial charge in [-0.05, 0) is 42.5 Å². The van der Waals surface area contributed by atoms with E-state index in [4.69, 9.17) is 4.74 Å². The van der Waals surface area contributed by atoms with Crippen molar-refractivity contribution in [2.45, 2.75) is 27.3 Å². The Morgan fingerprint density at radius 1 is 1.10 bits per heavy atom. The Morgan fingerprint density at radius 2 is 1.83 bits per heavy atom. The van der Waals surface area contributed by atoms with E-state index in [1.807, 2.05) is 26.8 Å². The summed E-state index contributed by atoms with van der Waals surface area (Å²) in [6.07, 6.45) is 3.47. The highest BCUT2D eigenvalue weighted by Gasteiger charge is 2.21. The number of amides is 1. The van der Waals surface area contributed by atoms with Crippen LogP contribution in [0.1, 0.15) is 45.7 Å². The average molecular weight is 426 g/mol. The van der Waals surface area contributed by atoms with Gasteiger partial charge < -0.3 is 10.1 Å². The molecule has 2 aromatic heterocycles. The van der Waals surface area contributed by atoms with Crippen LogP contribution in [0, 0.1) is 5.41 Å². The molecule has 1 N–H and O–H groups in total. The number of nitrogens with zero attached hydrogens (tertiary/aromatic N) is 2. The van der Waals surface area contributed by atoms with Crippen LogP contribution in [0.5, 0.6) is 0 Å². The fourth-order valence-corrected chi connectivity index (χ4v) is 3.38. The number of carbonyl (C=O) groups excluding carboxylic acids is 3. The van der Waals surface area contributed by atoms with Gasteiger partial charge in [0.2, 0.25) is 11.7 Å². The van der Waals surface area contributed by atoms with Crippen LogP contribution in [-0.4, -0.2) is 34.0 Å². The summed E-state index contributed by atoms with van der Waals surface area (Å²) >= 11 is 1.28. The van der Waals surface area contributed by atoms with Crippen molar-refractivity contribution >= 4 is 29.0 Å². The minimum atomic E-state index is -0.565. The molecule has 0 unspecified atom stereocenters. The predicted octanol–water partition coefficient (Wildman–Crippen LogP) is 3.64. The molecular weight excluding hydrogens is 402 g/mol. The summed E-state index contributed by atoms with van der Waals surface area (Å²) in [5.74, 6) is -0.907. The van der Waals surface area contributed by atoms with Crippen molar-refractivity contribution in [3.63, 3.8) is 0 Å². The van der Waals surface area contributed by atoms with E-state index in [-0.39, 0.29) is 18.3 Å². The minimum Gasteiger partial charge on any atom is -0.454 e. The quantitative estimate of drug-likeness (QED) is 0.461. The largest absolute Gasteiger partial charge is 0.454 e. The van der Waals surface area contributed by atoms with Crippen molar-refractivity contribution in [3.8, 4) is 5.69 Å². The number of ketones is 1. The lowest BCUT2D eigenvalue weighted by Gasteiger charge is -2.17. The molecule has 3 aromatic rings. The lowest BCUT2D eigenvalue weighted by atomic mass is 9.96. The van der Waals surface area contributed by atoms with Crippen LogP contribution in [0.2, 0.25) is 0 Å². The first-order valence-electron chi connectivity index (χ1n) is 9.41. The lowest BCUT2D eigenvalue weighted by molar-refractivity contribution is -0.128. The molecule has 1 amide bonds. The van der Waals surface area contributed by atoms with E-state index < -0.39 is 11.4 Å². The van der Waals surface area contributed by atoms with Gasteiger partial charge in [-0.2, -0.15) is 5.10 Å². The van der Waals surface area contributed by atoms with Gasteiger partial charge in [-0.25, -0.2) is 9.48 Å². The van der Waals surface area contributed by atoms with Gasteiger partial charge in [0.1, 0.15) is 0 Å². The zero-order valence-corrected chi connectivity index (χ0v) is 17.9. The molecule has 0 saturated heterocycles. The van der Waals surface area contributed by atoms with E-state index in [2.05, 4.69) is 10.4 Å². The fraction of sp³-hybridized carbons (Fsp3) is 0.273. The molecular formula is C22H23N3O4S. The Hall–Kier alpha value is -3.26. The molecule has 0 spiro atoms. The Balaban J connectivity index is 1.51. The number of hydrogen-bond acceptors (Lipinski definition) is 6. The van der Waals surface area contributed by atoms with Crippen molar-refractivity contribution in [1.29, 1.82) is 0 Å². The first-order valence-corrected chi connectivity index (χ1v) is 10.2. The van der Waals surface area contributed by atoms with Crippen LogP contribution in [0.15, 0.2) is 54.9 Å². The van der Waals surface area contributed by atoms with Crippen LogP contribution in [0.25, 0.3) is 5.69 Å². The summed E-state index contributed by atoms with van der Waals surface area (Å²) < 4.78 is 6.83. The van der Waals surface area contributed by atoms with Crippen molar-refractivity contribution in [2.75, 3.05) is 6.61 Å². The summed E-state index contributed by atoms with van der Waals surface area (Å²) in [5.41, 5.74) is 0.702. The van der Waals surface area contributed by atoms with Gasteiger partial charge >= 0.3 is 5.97 Å². The Bertz CT molecular complexity index is 1030. The molecule has 0 fully saturated rings. The number of rotatable bonds is 7. The number of ether oxygens (including phenoxy) is 1. The standard InChI is InChI=1S/C22H23N3O4S/c1-22(2,3)21(28)23-13-17-9-10-19(30-17)18(26)14-29-20(27)15-5-7-16(8-6-15)25-12-4-11-24-25/h4-12H,13-14H2,1-3H3,(H,23,28). The summed E-state index contributed by atoms with van der Waals surface area (Å²) in [6, 6.07) is 12.0. The number of hydrogen-bond donors (Lipinski definition) is 1. The molecule has 0 radical (unpaired) electrons. The van der Waals surface area contributed by atoms with Crippen molar-refractivity contribution < 1.29 is 19.1 Å². The second-order valence-corrected chi connectivity index (χ2v) is 8.86. The maximum Gasteiger partial charge on any atom is 0.338 e. The molecule has 0 aliphatic carbocycles. The van der Waals surface area contributed by atoms with E-state index in [9.17, 15) is 14.4 Å². The maximum atomic E-state index is 12.3. The number of thiophene rings is 1. The van der Waals surface area contributed by atoms with Gasteiger partial charge in [-0.15, -0.1) is 11.3 Å². The molecule has 30 heavy (non-hydrogen) atoms. The first-order chi connectivity index (χ1) is 14.2. The average Bonchev–Trinajstić information content (AvgIpc) is 3.41. The highest BCUT2D eigenvalue weighted by atomic mass is 32.1. The first kappa shape index (κ1) is 21.4. The van der Waals surface area contributed by atoms with Gasteiger partial charge in [0.05, 0.1) is 22.7 Å². The molecule has 0 saturated carbocycles. The van der Waals surface area contributed by atoms with E-state index in [0.717, 1.165) is 10.6 Å². The molecule has 8 heteroatoms. The van der Waals surface area contributed by atoms with Gasteiger partial charge in [0.25, 0.3) is 0 Å². The van der Waals surface area contributed by atoms with E-state index in [1.165, 1.54) is 11.3 Å². The number of Topliss-reactive ketones (excluding diaryl/α,β-unsaturated/α-hetero) is 1. The summed E-state index contributed by atoms with van der Waals surface area (Å²) in [4.78, 5) is 37.8. The predicted molar refractivity (Wildman–Crippen MR) is 114 cm³/mol. The van der Waals surface area contributed by atoms with Gasteiger partial charge in [-0.3, -0.25) is 9.59 Å². The third-order valence-electron chi connectivity index (χ3n) is 4.25. The zero-order valence-electron chi connectivity index (χ0n) is 17.0. The molecule has 156 valence electrons. The van der Waals surface area contributed by atoms with E-state index in [0.29, 0.717) is 17.0 Å². The number of benzene rings is 1. The fourth-order valence-electron chi connectivity index (χ4n) is 2.51. The monoisotopic (exact) mass is 425 g/mol. The molecule has 0 aliphatic rings. The Morgan fingerprint density at radius 3 is 2.47 bits per heavy atom. The highest BCUT2D eigenvalue weighted by Crippen LogP contribution is 2.19.